The first-order valence-corrected chi connectivity index (χ1v) is 7.13. The number of aromatic amines is 1. The molecule has 9 nitrogen and oxygen atoms in total. The van der Waals surface area contributed by atoms with Gasteiger partial charge in [-0.1, -0.05) is 0 Å². The number of nitrogens with one attached hydrogen (secondary N) is 1. The number of fused-ring (bicyclic) bond motifs is 2. The molecule has 0 aromatic rings. The summed E-state index contributed by atoms with van der Waals surface area (Å²) in [5.41, 5.74) is 1.69. The fourth-order valence-corrected chi connectivity index (χ4v) is 2.94. The van der Waals surface area contributed by atoms with E-state index in [1.54, 1.807) is 0 Å². The standard InChI is InChI=1S/C15H14N3O6/c1-23-14(19)8-6-9(15(20)24-2)13-12(8)16-10-4-3-7(18(21)22)5-11(10)17-13/h3-5,8-9,17H,6H2,1-2H3/q-1. The molecule has 9 heteroatoms. The summed E-state index contributed by atoms with van der Waals surface area (Å²) in [6.45, 7) is 0. The van der Waals surface area contributed by atoms with E-state index < -0.39 is 28.7 Å². The average Bonchev–Trinajstić information content (AvgIpc) is 2.96. The van der Waals surface area contributed by atoms with Crippen LogP contribution in [-0.2, 0) is 19.1 Å². The van der Waals surface area contributed by atoms with Gasteiger partial charge in [-0.25, -0.2) is 4.98 Å². The van der Waals surface area contributed by atoms with Crippen LogP contribution in [0.25, 0.3) is 11.4 Å². The zero-order chi connectivity index (χ0) is 17.4. The van der Waals surface area contributed by atoms with Crippen LogP contribution in [0.1, 0.15) is 29.6 Å². The Hall–Kier alpha value is -3.10. The second-order valence-corrected chi connectivity index (χ2v) is 5.38. The van der Waals surface area contributed by atoms with E-state index in [2.05, 4.69) is 9.97 Å². The molecule has 2 unspecified atom stereocenters. The average molecular weight is 332 g/mol. The molecule has 0 spiro atoms. The zero-order valence-electron chi connectivity index (χ0n) is 12.9. The summed E-state index contributed by atoms with van der Waals surface area (Å²) < 4.78 is 9.56. The zero-order valence-corrected chi connectivity index (χ0v) is 12.9. The topological polar surface area (TPSA) is 130 Å². The second kappa shape index (κ2) is 5.84. The Kier molecular flexibility index (Phi) is 3.84. The summed E-state index contributed by atoms with van der Waals surface area (Å²) in [5, 5.41) is 21.7. The van der Waals surface area contributed by atoms with Crippen molar-refractivity contribution in [1.29, 1.82) is 0 Å². The number of nitrogens with zero attached hydrogens (tertiary/aromatic N) is 2. The van der Waals surface area contributed by atoms with Crippen LogP contribution >= 0.6 is 0 Å². The van der Waals surface area contributed by atoms with Gasteiger partial charge in [0.15, 0.2) is 0 Å². The first-order valence-electron chi connectivity index (χ1n) is 7.13. The smallest absolute Gasteiger partial charge is 0.314 e. The van der Waals surface area contributed by atoms with Crippen LogP contribution in [0, 0.1) is 10.4 Å². The lowest BCUT2D eigenvalue weighted by Crippen LogP contribution is -2.19. The van der Waals surface area contributed by atoms with Crippen LogP contribution in [0.4, 0.5) is 0 Å². The third-order valence-corrected chi connectivity index (χ3v) is 4.10. The Morgan fingerprint density at radius 2 is 1.88 bits per heavy atom. The molecule has 24 heavy (non-hydrogen) atoms. The van der Waals surface area contributed by atoms with Gasteiger partial charge in [0, 0.05) is 12.1 Å². The lowest BCUT2D eigenvalue weighted by atomic mass is 10.0. The summed E-state index contributed by atoms with van der Waals surface area (Å²) in [7, 11) is 2.52. The van der Waals surface area contributed by atoms with Crippen molar-refractivity contribution >= 4 is 11.9 Å². The summed E-state index contributed by atoms with van der Waals surface area (Å²) in [4.78, 5) is 30.9. The number of carbonyl (C=O) groups is 2. The molecule has 0 fully saturated rings. The molecule has 0 saturated heterocycles. The summed E-state index contributed by atoms with van der Waals surface area (Å²) >= 11 is 0. The SMILES string of the molecule is COC(=O)C1CC(C(=O)OC)c2[nH]c3cc(=[N+]([O-])[O-])ccc-3nc21. The van der Waals surface area contributed by atoms with Crippen molar-refractivity contribution in [3.63, 3.8) is 0 Å². The lowest BCUT2D eigenvalue weighted by Gasteiger charge is -2.13. The van der Waals surface area contributed by atoms with Gasteiger partial charge < -0.3 is 24.9 Å². The van der Waals surface area contributed by atoms with Crippen LogP contribution in [0.15, 0.2) is 18.2 Å². The van der Waals surface area contributed by atoms with Gasteiger partial charge in [-0.2, -0.15) is 4.90 Å². The number of H-pyrrole nitrogens is 1. The summed E-state index contributed by atoms with van der Waals surface area (Å²) in [6, 6.07) is 4.15. The van der Waals surface area contributed by atoms with E-state index in [1.165, 1.54) is 32.4 Å². The van der Waals surface area contributed by atoms with Gasteiger partial charge in [0.25, 0.3) is 0 Å². The van der Waals surface area contributed by atoms with Gasteiger partial charge >= 0.3 is 11.9 Å². The van der Waals surface area contributed by atoms with Crippen LogP contribution in [0.2, 0.25) is 0 Å². The van der Waals surface area contributed by atoms with Crippen LogP contribution in [0.3, 0.4) is 0 Å². The Bertz CT molecular complexity index is 855. The quantitative estimate of drug-likeness (QED) is 0.614. The van der Waals surface area contributed by atoms with Crippen LogP contribution in [-0.4, -0.2) is 36.1 Å². The lowest BCUT2D eigenvalue weighted by molar-refractivity contribution is -0.144. The summed E-state index contributed by atoms with van der Waals surface area (Å²) in [5.74, 6) is -2.40. The number of esters is 2. The minimum atomic E-state index is -0.703. The third kappa shape index (κ3) is 2.43. The maximum absolute atomic E-state index is 12.0. The highest BCUT2D eigenvalue weighted by molar-refractivity contribution is 5.86. The second-order valence-electron chi connectivity index (χ2n) is 5.38. The normalized spacial score (nSPS) is 18.9. The predicted molar refractivity (Wildman–Crippen MR) is 81.3 cm³/mol. The van der Waals surface area contributed by atoms with Crippen molar-refractivity contribution in [2.45, 2.75) is 18.3 Å². The van der Waals surface area contributed by atoms with Crippen molar-refractivity contribution in [3.8, 4) is 11.4 Å². The van der Waals surface area contributed by atoms with Crippen molar-refractivity contribution in [1.82, 2.24) is 14.9 Å². The van der Waals surface area contributed by atoms with E-state index in [0.717, 1.165) is 0 Å². The van der Waals surface area contributed by atoms with E-state index in [9.17, 15) is 20.0 Å². The summed E-state index contributed by atoms with van der Waals surface area (Å²) in [6.07, 6.45) is 0.177. The molecule has 1 aliphatic heterocycles. The first kappa shape index (κ1) is 15.8. The first-order chi connectivity index (χ1) is 11.5. The molecule has 0 bridgehead atoms. The molecule has 1 heterocycles. The van der Waals surface area contributed by atoms with Gasteiger partial charge in [-0.05, 0) is 12.5 Å². The van der Waals surface area contributed by atoms with Crippen LogP contribution < -0.4 is 10.3 Å². The predicted octanol–water partition coefficient (Wildman–Crippen LogP) is 0.199. The van der Waals surface area contributed by atoms with Gasteiger partial charge in [-0.15, -0.1) is 0 Å². The molecule has 0 radical (unpaired) electrons. The highest BCUT2D eigenvalue weighted by Crippen LogP contribution is 2.42. The van der Waals surface area contributed by atoms with Crippen molar-refractivity contribution < 1.29 is 19.1 Å². The highest BCUT2D eigenvalue weighted by Gasteiger charge is 2.43. The minimum Gasteiger partial charge on any atom is -0.612 e. The fourth-order valence-electron chi connectivity index (χ4n) is 2.94. The number of carbonyl (C=O) groups excluding carboxylic acids is 2. The van der Waals surface area contributed by atoms with Gasteiger partial charge in [0.1, 0.15) is 5.92 Å². The molecular formula is C15H14N3O6-. The number of hydrogen-bond acceptors (Lipinski definition) is 7. The molecule has 3 rings (SSSR count). The maximum atomic E-state index is 12.0. The van der Waals surface area contributed by atoms with E-state index in [0.29, 0.717) is 22.8 Å². The van der Waals surface area contributed by atoms with Crippen molar-refractivity contribution in [3.05, 3.63) is 45.4 Å². The number of rotatable bonds is 2. The Morgan fingerprint density at radius 3 is 2.50 bits per heavy atom. The number of hydrogen-bond donors (Lipinski definition) is 1. The molecule has 1 N–H and O–H groups in total. The minimum absolute atomic E-state index is 0.0994. The van der Waals surface area contributed by atoms with E-state index in [1.807, 2.05) is 0 Å². The number of ether oxygens (including phenoxy) is 2. The monoisotopic (exact) mass is 332 g/mol. The fraction of sp³-hybridized carbons (Fsp3) is 0.333. The van der Waals surface area contributed by atoms with E-state index in [-0.39, 0.29) is 11.8 Å². The van der Waals surface area contributed by atoms with Crippen molar-refractivity contribution in [2.24, 2.45) is 0 Å². The number of methoxy groups -OCH3 is 2. The Morgan fingerprint density at radius 1 is 1.21 bits per heavy atom. The third-order valence-electron chi connectivity index (χ3n) is 4.10. The largest absolute Gasteiger partial charge is 0.612 e. The molecule has 2 aliphatic carbocycles. The molecule has 126 valence electrons. The van der Waals surface area contributed by atoms with Gasteiger partial charge in [0.2, 0.25) is 5.36 Å². The molecule has 3 aliphatic rings. The molecule has 0 saturated carbocycles. The molecule has 0 amide bonds. The van der Waals surface area contributed by atoms with Crippen LogP contribution in [0.5, 0.6) is 0 Å². The molecule has 2 atom stereocenters. The maximum Gasteiger partial charge on any atom is 0.314 e. The Balaban J connectivity index is 2.22. The molecule has 0 aromatic heterocycles. The highest BCUT2D eigenvalue weighted by atomic mass is 16.8. The molecular weight excluding hydrogens is 318 g/mol. The Labute approximate surface area is 136 Å². The van der Waals surface area contributed by atoms with Gasteiger partial charge in [0.05, 0.1) is 42.9 Å². The van der Waals surface area contributed by atoms with E-state index >= 15 is 0 Å². The molecule has 0 aromatic carbocycles. The number of benzene rings is 1. The number of aromatic nitrogens is 2. The van der Waals surface area contributed by atoms with Crippen molar-refractivity contribution in [2.75, 3.05) is 14.2 Å². The van der Waals surface area contributed by atoms with Gasteiger partial charge in [-0.3, -0.25) is 9.59 Å². The van der Waals surface area contributed by atoms with E-state index in [4.69, 9.17) is 9.47 Å².